The number of methoxy groups -OCH3 is 1. The molecule has 0 radical (unpaired) electrons. The lowest BCUT2D eigenvalue weighted by Gasteiger charge is -2.13. The maximum absolute atomic E-state index is 13.3. The molecule has 0 aliphatic heterocycles. The summed E-state index contributed by atoms with van der Waals surface area (Å²) in [4.78, 5) is 24.2. The van der Waals surface area contributed by atoms with Crippen LogP contribution in [-0.2, 0) is 21.2 Å². The Morgan fingerprint density at radius 3 is 2.39 bits per heavy atom. The van der Waals surface area contributed by atoms with Gasteiger partial charge in [-0.2, -0.15) is 0 Å². The molecule has 2 amide bonds. The Balaban J connectivity index is 2.03. The average molecular weight is 445 g/mol. The highest BCUT2D eigenvalue weighted by Crippen LogP contribution is 2.30. The first-order valence-corrected chi connectivity index (χ1v) is 10.8. The third kappa shape index (κ3) is 4.64. The second-order valence-corrected chi connectivity index (χ2v) is 8.90. The largest absolute Gasteiger partial charge is 0.497 e. The summed E-state index contributed by atoms with van der Waals surface area (Å²) in [5, 5.41) is 12.3. The van der Waals surface area contributed by atoms with Gasteiger partial charge in [0.15, 0.2) is 0 Å². The molecule has 10 heteroatoms. The molecule has 31 heavy (non-hydrogen) atoms. The number of benzene rings is 2. The van der Waals surface area contributed by atoms with E-state index >= 15 is 0 Å². The van der Waals surface area contributed by atoms with E-state index in [1.807, 2.05) is 0 Å². The summed E-state index contributed by atoms with van der Waals surface area (Å²) in [5.41, 5.74) is 1.47. The van der Waals surface area contributed by atoms with E-state index in [2.05, 4.69) is 5.32 Å². The first kappa shape index (κ1) is 22.2. The van der Waals surface area contributed by atoms with Crippen LogP contribution in [-0.4, -0.2) is 55.6 Å². The van der Waals surface area contributed by atoms with Crippen LogP contribution in [0.25, 0.3) is 10.9 Å². The van der Waals surface area contributed by atoms with Gasteiger partial charge in [0, 0.05) is 37.8 Å². The first-order chi connectivity index (χ1) is 14.6. The van der Waals surface area contributed by atoms with E-state index in [9.17, 15) is 18.0 Å². The van der Waals surface area contributed by atoms with Crippen molar-refractivity contribution in [2.75, 3.05) is 26.5 Å². The maximum Gasteiger partial charge on any atom is 0.321 e. The summed E-state index contributed by atoms with van der Waals surface area (Å²) in [6, 6.07) is 10.5. The number of urea groups is 1. The third-order valence-electron chi connectivity index (χ3n) is 4.74. The van der Waals surface area contributed by atoms with Crippen molar-refractivity contribution < 1.29 is 27.9 Å². The minimum absolute atomic E-state index is 0.0351. The van der Waals surface area contributed by atoms with Gasteiger partial charge in [0.2, 0.25) is 0 Å². The molecule has 0 unspecified atom stereocenters. The molecular formula is C21H23N3O6S. The molecule has 9 nitrogen and oxygen atoms in total. The predicted octanol–water partition coefficient (Wildman–Crippen LogP) is 3.00. The number of aromatic nitrogens is 1. The number of carbonyl (C=O) groups is 2. The fourth-order valence-corrected chi connectivity index (χ4v) is 4.46. The van der Waals surface area contributed by atoms with Crippen LogP contribution in [0.1, 0.15) is 12.0 Å². The lowest BCUT2D eigenvalue weighted by Crippen LogP contribution is -2.27. The van der Waals surface area contributed by atoms with Crippen molar-refractivity contribution in [2.45, 2.75) is 17.7 Å². The zero-order valence-electron chi connectivity index (χ0n) is 17.3. The SMILES string of the molecule is COc1ccc2c(c1)c(CCC(=O)O)cn2S(=O)(=O)c1ccc(NC(=O)N(C)C)cc1. The standard InChI is InChI=1S/C21H23N3O6S/c1-23(2)21(27)22-15-5-8-17(9-6-15)31(28,29)24-13-14(4-11-20(25)26)18-12-16(30-3)7-10-19(18)24/h5-10,12-13H,4,11H2,1-3H3,(H,22,27)(H,25,26). The number of hydrogen-bond acceptors (Lipinski definition) is 5. The molecule has 1 heterocycles. The number of carbonyl (C=O) groups excluding carboxylic acids is 1. The summed E-state index contributed by atoms with van der Waals surface area (Å²) in [6.07, 6.45) is 1.50. The minimum Gasteiger partial charge on any atom is -0.497 e. The number of anilines is 1. The first-order valence-electron chi connectivity index (χ1n) is 9.37. The van der Waals surface area contributed by atoms with Crippen molar-refractivity contribution in [2.24, 2.45) is 0 Å². The number of hydrogen-bond donors (Lipinski definition) is 2. The number of ether oxygens (including phenoxy) is 1. The quantitative estimate of drug-likeness (QED) is 0.577. The van der Waals surface area contributed by atoms with E-state index in [4.69, 9.17) is 9.84 Å². The maximum atomic E-state index is 13.3. The van der Waals surface area contributed by atoms with Gasteiger partial charge in [0.1, 0.15) is 5.75 Å². The molecule has 1 aromatic heterocycles. The number of aliphatic carboxylic acids is 1. The summed E-state index contributed by atoms with van der Waals surface area (Å²) < 4.78 is 33.0. The Bertz CT molecular complexity index is 1230. The molecular weight excluding hydrogens is 422 g/mol. The number of carboxylic acid groups (broad SMARTS) is 1. The van der Waals surface area contributed by atoms with Gasteiger partial charge in [-0.05, 0) is 54.4 Å². The monoisotopic (exact) mass is 445 g/mol. The van der Waals surface area contributed by atoms with Gasteiger partial charge in [-0.25, -0.2) is 17.2 Å². The van der Waals surface area contributed by atoms with Crippen molar-refractivity contribution >= 4 is 38.6 Å². The van der Waals surface area contributed by atoms with Gasteiger partial charge in [-0.3, -0.25) is 4.79 Å². The lowest BCUT2D eigenvalue weighted by atomic mass is 10.1. The highest BCUT2D eigenvalue weighted by Gasteiger charge is 2.22. The molecule has 0 spiro atoms. The highest BCUT2D eigenvalue weighted by atomic mass is 32.2. The van der Waals surface area contributed by atoms with E-state index < -0.39 is 16.0 Å². The molecule has 0 aliphatic rings. The second-order valence-electron chi connectivity index (χ2n) is 7.08. The van der Waals surface area contributed by atoms with Crippen molar-refractivity contribution in [1.82, 2.24) is 8.87 Å². The molecule has 2 N–H and O–H groups in total. The molecule has 0 aliphatic carbocycles. The number of fused-ring (bicyclic) bond motifs is 1. The molecule has 0 bridgehead atoms. The van der Waals surface area contributed by atoms with E-state index in [1.54, 1.807) is 32.3 Å². The smallest absolute Gasteiger partial charge is 0.321 e. The van der Waals surface area contributed by atoms with Crippen LogP contribution in [0.15, 0.2) is 53.6 Å². The molecule has 0 fully saturated rings. The van der Waals surface area contributed by atoms with Gasteiger partial charge >= 0.3 is 12.0 Å². The number of nitrogens with one attached hydrogen (secondary N) is 1. The molecule has 0 saturated heterocycles. The summed E-state index contributed by atoms with van der Waals surface area (Å²) in [7, 11) is 0.742. The molecule has 3 aromatic rings. The van der Waals surface area contributed by atoms with Crippen LogP contribution in [0.3, 0.4) is 0 Å². The second kappa shape index (κ2) is 8.68. The van der Waals surface area contributed by atoms with Crippen LogP contribution in [0.2, 0.25) is 0 Å². The van der Waals surface area contributed by atoms with Crippen molar-refractivity contribution in [3.8, 4) is 5.75 Å². The Hall–Kier alpha value is -3.53. The van der Waals surface area contributed by atoms with Crippen LogP contribution < -0.4 is 10.1 Å². The van der Waals surface area contributed by atoms with E-state index in [0.29, 0.717) is 27.9 Å². The zero-order valence-corrected chi connectivity index (χ0v) is 18.1. The van der Waals surface area contributed by atoms with Crippen molar-refractivity contribution in [1.29, 1.82) is 0 Å². The van der Waals surface area contributed by atoms with Crippen LogP contribution in [0.5, 0.6) is 5.75 Å². The predicted molar refractivity (Wildman–Crippen MR) is 116 cm³/mol. The number of aryl methyl sites for hydroxylation is 1. The van der Waals surface area contributed by atoms with Crippen LogP contribution in [0.4, 0.5) is 10.5 Å². The van der Waals surface area contributed by atoms with Crippen LogP contribution in [0, 0.1) is 0 Å². The minimum atomic E-state index is -3.96. The Kier molecular flexibility index (Phi) is 6.21. The van der Waals surface area contributed by atoms with Gasteiger partial charge < -0.3 is 20.1 Å². The third-order valence-corrected chi connectivity index (χ3v) is 6.42. The normalized spacial score (nSPS) is 11.3. The molecule has 0 atom stereocenters. The fourth-order valence-electron chi connectivity index (χ4n) is 3.07. The number of amides is 2. The van der Waals surface area contributed by atoms with Gasteiger partial charge in [0.25, 0.3) is 10.0 Å². The van der Waals surface area contributed by atoms with Gasteiger partial charge in [-0.15, -0.1) is 0 Å². The molecule has 164 valence electrons. The summed E-state index contributed by atoms with van der Waals surface area (Å²) in [5.74, 6) is -0.428. The fraction of sp³-hybridized carbons (Fsp3) is 0.238. The summed E-state index contributed by atoms with van der Waals surface area (Å²) in [6.45, 7) is 0. The Labute approximate surface area is 179 Å². The Morgan fingerprint density at radius 1 is 1.13 bits per heavy atom. The van der Waals surface area contributed by atoms with Crippen molar-refractivity contribution in [3.05, 3.63) is 54.2 Å². The van der Waals surface area contributed by atoms with Gasteiger partial charge in [-0.1, -0.05) is 0 Å². The van der Waals surface area contributed by atoms with Gasteiger partial charge in [0.05, 0.1) is 17.5 Å². The van der Waals surface area contributed by atoms with E-state index in [0.717, 1.165) is 3.97 Å². The number of rotatable bonds is 7. The van der Waals surface area contributed by atoms with Crippen LogP contribution >= 0.6 is 0 Å². The lowest BCUT2D eigenvalue weighted by molar-refractivity contribution is -0.136. The average Bonchev–Trinajstić information content (AvgIpc) is 3.11. The molecule has 0 saturated carbocycles. The van der Waals surface area contributed by atoms with E-state index in [1.165, 1.54) is 42.5 Å². The summed E-state index contributed by atoms with van der Waals surface area (Å²) >= 11 is 0. The number of nitrogens with zero attached hydrogens (tertiary/aromatic N) is 2. The molecule has 3 rings (SSSR count). The molecule has 2 aromatic carbocycles. The highest BCUT2D eigenvalue weighted by molar-refractivity contribution is 7.90. The topological polar surface area (TPSA) is 118 Å². The van der Waals surface area contributed by atoms with E-state index in [-0.39, 0.29) is 23.8 Å². The number of carboxylic acids is 1. The zero-order chi connectivity index (χ0) is 22.8. The van der Waals surface area contributed by atoms with Crippen molar-refractivity contribution in [3.63, 3.8) is 0 Å². The Morgan fingerprint density at radius 2 is 1.81 bits per heavy atom.